The number of pyridine rings is 1. The smallest absolute Gasteiger partial charge is 0.0789 e. The van der Waals surface area contributed by atoms with E-state index in [0.29, 0.717) is 6.04 Å². The molecule has 0 aliphatic rings. The summed E-state index contributed by atoms with van der Waals surface area (Å²) in [5.41, 5.74) is 2.26. The lowest BCUT2D eigenvalue weighted by molar-refractivity contribution is 0.664. The van der Waals surface area contributed by atoms with Gasteiger partial charge in [0.1, 0.15) is 0 Å². The zero-order valence-electron chi connectivity index (χ0n) is 11.4. The lowest BCUT2D eigenvalue weighted by Gasteiger charge is -2.06. The van der Waals surface area contributed by atoms with Crippen molar-refractivity contribution in [2.75, 3.05) is 7.05 Å². The molecule has 0 saturated carbocycles. The molecule has 2 nitrogen and oxygen atoms in total. The van der Waals surface area contributed by atoms with Crippen molar-refractivity contribution in [2.24, 2.45) is 0 Å². The second-order valence-electron chi connectivity index (χ2n) is 4.74. The quantitative estimate of drug-likeness (QED) is 0.721. The third-order valence-corrected chi connectivity index (χ3v) is 5.16. The molecule has 2 aromatic heterocycles. The molecule has 2 heterocycles. The van der Waals surface area contributed by atoms with E-state index in [0.717, 1.165) is 15.4 Å². The number of hydrogen-bond donors (Lipinski definition) is 1. The van der Waals surface area contributed by atoms with E-state index in [1.807, 2.05) is 24.6 Å². The molecule has 3 aromatic rings. The maximum Gasteiger partial charge on any atom is 0.0789 e. The zero-order chi connectivity index (χ0) is 14.1. The van der Waals surface area contributed by atoms with E-state index in [-0.39, 0.29) is 0 Å². The molecule has 0 fully saturated rings. The van der Waals surface area contributed by atoms with Gasteiger partial charge in [0.15, 0.2) is 0 Å². The highest BCUT2D eigenvalue weighted by Crippen LogP contribution is 2.35. The Kier molecular flexibility index (Phi) is 3.87. The van der Waals surface area contributed by atoms with Crippen molar-refractivity contribution in [3.05, 3.63) is 51.9 Å². The molecule has 0 spiro atoms. The highest BCUT2D eigenvalue weighted by Gasteiger charge is 2.10. The van der Waals surface area contributed by atoms with Crippen molar-refractivity contribution >= 4 is 38.2 Å². The highest BCUT2D eigenvalue weighted by molar-refractivity contribution is 9.10. The van der Waals surface area contributed by atoms with Crippen molar-refractivity contribution in [2.45, 2.75) is 13.0 Å². The Morgan fingerprint density at radius 2 is 2.10 bits per heavy atom. The van der Waals surface area contributed by atoms with E-state index >= 15 is 0 Å². The van der Waals surface area contributed by atoms with Crippen LogP contribution in [0.3, 0.4) is 0 Å². The third-order valence-electron chi connectivity index (χ3n) is 3.43. The molecule has 0 aliphatic heterocycles. The molecule has 0 radical (unpaired) electrons. The van der Waals surface area contributed by atoms with Crippen LogP contribution in [0, 0.1) is 0 Å². The van der Waals surface area contributed by atoms with Crippen LogP contribution in [-0.4, -0.2) is 12.0 Å². The van der Waals surface area contributed by atoms with Crippen LogP contribution in [0.2, 0.25) is 0 Å². The molecule has 20 heavy (non-hydrogen) atoms. The minimum atomic E-state index is 0.380. The fourth-order valence-electron chi connectivity index (χ4n) is 2.21. The molecule has 0 aliphatic carbocycles. The number of halogens is 1. The van der Waals surface area contributed by atoms with Gasteiger partial charge in [-0.25, -0.2) is 0 Å². The predicted octanol–water partition coefficient (Wildman–Crippen LogP) is 5.01. The van der Waals surface area contributed by atoms with Crippen LogP contribution in [0.25, 0.3) is 21.3 Å². The molecule has 3 rings (SSSR count). The van der Waals surface area contributed by atoms with Gasteiger partial charge in [-0.1, -0.05) is 18.2 Å². The van der Waals surface area contributed by atoms with Gasteiger partial charge in [-0.15, -0.1) is 11.3 Å². The summed E-state index contributed by atoms with van der Waals surface area (Å²) in [5.74, 6) is 0. The predicted molar refractivity (Wildman–Crippen MR) is 90.2 cm³/mol. The van der Waals surface area contributed by atoms with Gasteiger partial charge in [0.05, 0.1) is 5.52 Å². The first-order valence-corrected chi connectivity index (χ1v) is 8.11. The summed E-state index contributed by atoms with van der Waals surface area (Å²) in [5, 5.41) is 4.44. The van der Waals surface area contributed by atoms with Crippen molar-refractivity contribution in [3.63, 3.8) is 0 Å². The molecule has 0 amide bonds. The number of para-hydroxylation sites is 1. The first kappa shape index (κ1) is 13.7. The van der Waals surface area contributed by atoms with Gasteiger partial charge < -0.3 is 5.32 Å². The topological polar surface area (TPSA) is 24.9 Å². The lowest BCUT2D eigenvalue weighted by Crippen LogP contribution is -2.10. The Labute approximate surface area is 131 Å². The minimum Gasteiger partial charge on any atom is -0.313 e. The molecule has 1 aromatic carbocycles. The van der Waals surface area contributed by atoms with Gasteiger partial charge in [0.25, 0.3) is 0 Å². The Morgan fingerprint density at radius 1 is 1.25 bits per heavy atom. The number of nitrogens with zero attached hydrogens (tertiary/aromatic N) is 1. The molecule has 1 unspecified atom stereocenters. The van der Waals surface area contributed by atoms with E-state index in [1.165, 1.54) is 15.3 Å². The fraction of sp³-hybridized carbons (Fsp3) is 0.188. The number of benzene rings is 1. The van der Waals surface area contributed by atoms with Gasteiger partial charge >= 0.3 is 0 Å². The van der Waals surface area contributed by atoms with Crippen molar-refractivity contribution in [3.8, 4) is 10.4 Å². The van der Waals surface area contributed by atoms with E-state index in [1.54, 1.807) is 0 Å². The first-order valence-electron chi connectivity index (χ1n) is 6.50. The molecule has 4 heteroatoms. The molecular weight excluding hydrogens is 332 g/mol. The summed E-state index contributed by atoms with van der Waals surface area (Å²) in [6.07, 6.45) is 1.86. The first-order chi connectivity index (χ1) is 9.69. The molecule has 0 saturated heterocycles. The summed E-state index contributed by atoms with van der Waals surface area (Å²) >= 11 is 5.30. The molecule has 1 atom stereocenters. The SMILES string of the molecule is CNC(C)c1ccc(-c2cccc3cc(Br)cnc23)s1. The molecular formula is C16H15BrN2S. The second kappa shape index (κ2) is 5.64. The third kappa shape index (κ3) is 2.51. The van der Waals surface area contributed by atoms with Gasteiger partial charge in [-0.3, -0.25) is 4.98 Å². The Hall–Kier alpha value is -1.23. The number of nitrogens with one attached hydrogen (secondary N) is 1. The second-order valence-corrected chi connectivity index (χ2v) is 6.77. The van der Waals surface area contributed by atoms with Crippen LogP contribution in [0.5, 0.6) is 0 Å². The van der Waals surface area contributed by atoms with E-state index in [9.17, 15) is 0 Å². The Morgan fingerprint density at radius 3 is 2.90 bits per heavy atom. The number of thiophene rings is 1. The highest BCUT2D eigenvalue weighted by atomic mass is 79.9. The van der Waals surface area contributed by atoms with Crippen LogP contribution in [-0.2, 0) is 0 Å². The van der Waals surface area contributed by atoms with Crippen molar-refractivity contribution < 1.29 is 0 Å². The molecule has 0 bridgehead atoms. The molecule has 1 N–H and O–H groups in total. The Bertz CT molecular complexity index is 751. The Balaban J connectivity index is 2.12. The lowest BCUT2D eigenvalue weighted by atomic mass is 10.1. The fourth-order valence-corrected chi connectivity index (χ4v) is 3.65. The van der Waals surface area contributed by atoms with Crippen LogP contribution in [0.1, 0.15) is 17.8 Å². The summed E-state index contributed by atoms with van der Waals surface area (Å²) in [7, 11) is 1.99. The summed E-state index contributed by atoms with van der Waals surface area (Å²) in [6.45, 7) is 2.17. The normalized spacial score (nSPS) is 12.8. The van der Waals surface area contributed by atoms with Gasteiger partial charge in [0, 0.05) is 37.4 Å². The van der Waals surface area contributed by atoms with Gasteiger partial charge in [-0.05, 0) is 48.1 Å². The van der Waals surface area contributed by atoms with E-state index in [2.05, 4.69) is 69.6 Å². The van der Waals surface area contributed by atoms with Crippen LogP contribution < -0.4 is 5.32 Å². The van der Waals surface area contributed by atoms with Crippen LogP contribution in [0.15, 0.2) is 47.1 Å². The monoisotopic (exact) mass is 346 g/mol. The van der Waals surface area contributed by atoms with E-state index < -0.39 is 0 Å². The summed E-state index contributed by atoms with van der Waals surface area (Å²) in [4.78, 5) is 7.19. The summed E-state index contributed by atoms with van der Waals surface area (Å²) < 4.78 is 1.01. The summed E-state index contributed by atoms with van der Waals surface area (Å²) in [6, 6.07) is 13.2. The van der Waals surface area contributed by atoms with Crippen molar-refractivity contribution in [1.29, 1.82) is 0 Å². The van der Waals surface area contributed by atoms with Crippen molar-refractivity contribution in [1.82, 2.24) is 10.3 Å². The number of fused-ring (bicyclic) bond motifs is 1. The molecule has 102 valence electrons. The van der Waals surface area contributed by atoms with Gasteiger partial charge in [0.2, 0.25) is 0 Å². The zero-order valence-corrected chi connectivity index (χ0v) is 13.8. The average Bonchev–Trinajstić information content (AvgIpc) is 2.95. The average molecular weight is 347 g/mol. The number of hydrogen-bond acceptors (Lipinski definition) is 3. The van der Waals surface area contributed by atoms with E-state index in [4.69, 9.17) is 0 Å². The minimum absolute atomic E-state index is 0.380. The van der Waals surface area contributed by atoms with Crippen LogP contribution >= 0.6 is 27.3 Å². The largest absolute Gasteiger partial charge is 0.313 e. The van der Waals surface area contributed by atoms with Gasteiger partial charge in [-0.2, -0.15) is 0 Å². The standard InChI is InChI=1S/C16H15BrN2S/c1-10(18-2)14-6-7-15(20-14)13-5-3-4-11-8-12(17)9-19-16(11)13/h3-10,18H,1-2H3. The van der Waals surface area contributed by atoms with Crippen LogP contribution in [0.4, 0.5) is 0 Å². The number of rotatable bonds is 3. The maximum atomic E-state index is 4.58. The number of aromatic nitrogens is 1. The maximum absolute atomic E-state index is 4.58.